The molecule has 1 atom stereocenters. The third-order valence-electron chi connectivity index (χ3n) is 4.24. The highest BCUT2D eigenvalue weighted by Gasteiger charge is 2.37. The van der Waals surface area contributed by atoms with Gasteiger partial charge in [0.05, 0.1) is 22.1 Å². The van der Waals surface area contributed by atoms with E-state index in [1.54, 1.807) is 29.7 Å². The number of carbonyl (C=O) groups excluding carboxylic acids is 3. The zero-order valence-electron chi connectivity index (χ0n) is 15.7. The number of fused-ring (bicyclic) bond motifs is 1. The molecule has 3 rings (SSSR count). The number of hydrogen-bond acceptors (Lipinski definition) is 4. The maximum atomic E-state index is 12.9. The van der Waals surface area contributed by atoms with Crippen molar-refractivity contribution in [2.45, 2.75) is 28.9 Å². The molecule has 170 valence electrons. The molecule has 0 aromatic heterocycles. The van der Waals surface area contributed by atoms with E-state index in [4.69, 9.17) is 0 Å². The first kappa shape index (κ1) is 23.4. The van der Waals surface area contributed by atoms with Crippen molar-refractivity contribution >= 4 is 35.2 Å². The minimum absolute atomic E-state index is 0.119. The first-order valence-electron chi connectivity index (χ1n) is 8.80. The predicted molar refractivity (Wildman–Crippen MR) is 101 cm³/mol. The first-order valence-corrected chi connectivity index (χ1v) is 9.68. The molecule has 6 nitrogen and oxygen atoms in total. The second kappa shape index (κ2) is 8.73. The van der Waals surface area contributed by atoms with Crippen LogP contribution >= 0.6 is 11.8 Å². The van der Waals surface area contributed by atoms with Gasteiger partial charge in [-0.1, -0.05) is 12.1 Å². The predicted octanol–water partition coefficient (Wildman–Crippen LogP) is 3.99. The normalized spacial score (nSPS) is 16.1. The van der Waals surface area contributed by atoms with Gasteiger partial charge in [0.2, 0.25) is 11.8 Å². The van der Waals surface area contributed by atoms with Gasteiger partial charge in [0.15, 0.2) is 0 Å². The van der Waals surface area contributed by atoms with Crippen molar-refractivity contribution < 1.29 is 40.7 Å². The summed E-state index contributed by atoms with van der Waals surface area (Å²) >= 11 is 1.10. The quantitative estimate of drug-likeness (QED) is 0.461. The molecule has 2 aromatic carbocycles. The molecule has 13 heteroatoms. The van der Waals surface area contributed by atoms with Crippen LogP contribution in [0.3, 0.4) is 0 Å². The van der Waals surface area contributed by atoms with Crippen LogP contribution in [0.25, 0.3) is 0 Å². The van der Waals surface area contributed by atoms with Gasteiger partial charge in [0.1, 0.15) is 0 Å². The summed E-state index contributed by atoms with van der Waals surface area (Å²) < 4.78 is 77.4. The van der Waals surface area contributed by atoms with Crippen LogP contribution in [0.15, 0.2) is 47.4 Å². The van der Waals surface area contributed by atoms with E-state index in [1.165, 1.54) is 0 Å². The highest BCUT2D eigenvalue weighted by Crippen LogP contribution is 2.37. The van der Waals surface area contributed by atoms with E-state index in [0.29, 0.717) is 10.6 Å². The molecule has 0 spiro atoms. The van der Waals surface area contributed by atoms with E-state index in [9.17, 15) is 40.7 Å². The summed E-state index contributed by atoms with van der Waals surface area (Å²) in [4.78, 5) is 37.0. The number of amides is 3. The van der Waals surface area contributed by atoms with E-state index in [1.807, 2.05) is 5.43 Å². The maximum Gasteiger partial charge on any atom is 0.416 e. The Hall–Kier alpha value is -3.22. The van der Waals surface area contributed by atoms with E-state index in [2.05, 4.69) is 5.32 Å². The van der Waals surface area contributed by atoms with Gasteiger partial charge in [-0.25, -0.2) is 0 Å². The Kier molecular flexibility index (Phi) is 6.39. The summed E-state index contributed by atoms with van der Waals surface area (Å²) in [6.45, 7) is 0. The number of benzene rings is 2. The largest absolute Gasteiger partial charge is 0.416 e. The summed E-state index contributed by atoms with van der Waals surface area (Å²) in [6, 6.07) is 7.17. The van der Waals surface area contributed by atoms with Crippen LogP contribution in [-0.2, 0) is 21.9 Å². The molecule has 32 heavy (non-hydrogen) atoms. The van der Waals surface area contributed by atoms with Crippen molar-refractivity contribution in [1.82, 2.24) is 10.9 Å². The van der Waals surface area contributed by atoms with Gasteiger partial charge in [0, 0.05) is 16.9 Å². The van der Waals surface area contributed by atoms with Crippen LogP contribution in [0.1, 0.15) is 27.9 Å². The average Bonchev–Trinajstić information content (AvgIpc) is 2.71. The van der Waals surface area contributed by atoms with Gasteiger partial charge in [-0.2, -0.15) is 26.3 Å². The Morgan fingerprint density at radius 1 is 0.938 bits per heavy atom. The lowest BCUT2D eigenvalue weighted by Crippen LogP contribution is -2.44. The molecule has 3 amide bonds. The molecule has 3 N–H and O–H groups in total. The summed E-state index contributed by atoms with van der Waals surface area (Å²) in [5.74, 6) is -2.72. The molecule has 1 heterocycles. The van der Waals surface area contributed by atoms with Crippen LogP contribution in [0, 0.1) is 0 Å². The molecule has 1 aliphatic rings. The van der Waals surface area contributed by atoms with Crippen molar-refractivity contribution in [1.29, 1.82) is 0 Å². The van der Waals surface area contributed by atoms with Crippen LogP contribution in [0.2, 0.25) is 0 Å². The highest BCUT2D eigenvalue weighted by molar-refractivity contribution is 8.01. The molecule has 0 fully saturated rings. The standard InChI is InChI=1S/C19H13F6N3O3S/c20-18(21,22)10-5-9(6-11(7-10)19(23,24)25)16(30)28-27-15(29)8-14-17(31)26-12-3-1-2-4-13(12)32-14/h1-7,14H,8H2,(H,26,31)(H,27,29)(H,28,30)/t14-/m0/s1. The maximum absolute atomic E-state index is 12.9. The number of para-hydroxylation sites is 1. The lowest BCUT2D eigenvalue weighted by atomic mass is 10.0. The molecule has 0 bridgehead atoms. The molecule has 0 aliphatic carbocycles. The third kappa shape index (κ3) is 5.52. The lowest BCUT2D eigenvalue weighted by molar-refractivity contribution is -0.143. The molecule has 0 saturated carbocycles. The second-order valence-electron chi connectivity index (χ2n) is 6.59. The Balaban J connectivity index is 1.66. The molecule has 2 aromatic rings. The number of alkyl halides is 6. The zero-order chi connectivity index (χ0) is 23.7. The number of hydrogen-bond donors (Lipinski definition) is 3. The van der Waals surface area contributed by atoms with Crippen molar-refractivity contribution in [3.8, 4) is 0 Å². The summed E-state index contributed by atoms with van der Waals surface area (Å²) in [7, 11) is 0. The zero-order valence-corrected chi connectivity index (χ0v) is 16.5. The number of anilines is 1. The van der Waals surface area contributed by atoms with Crippen LogP contribution in [-0.4, -0.2) is 23.0 Å². The van der Waals surface area contributed by atoms with E-state index in [-0.39, 0.29) is 18.2 Å². The molecule has 0 saturated heterocycles. The Morgan fingerprint density at radius 2 is 1.53 bits per heavy atom. The van der Waals surface area contributed by atoms with Crippen molar-refractivity contribution in [3.63, 3.8) is 0 Å². The van der Waals surface area contributed by atoms with Crippen LogP contribution in [0.5, 0.6) is 0 Å². The Morgan fingerprint density at radius 3 is 2.12 bits per heavy atom. The summed E-state index contributed by atoms with van der Waals surface area (Å²) in [5, 5.41) is 1.75. The molecule has 0 radical (unpaired) electrons. The van der Waals surface area contributed by atoms with Gasteiger partial charge in [-0.15, -0.1) is 11.8 Å². The lowest BCUT2D eigenvalue weighted by Gasteiger charge is -2.23. The van der Waals surface area contributed by atoms with Gasteiger partial charge < -0.3 is 5.32 Å². The number of rotatable bonds is 3. The van der Waals surface area contributed by atoms with Crippen molar-refractivity contribution in [3.05, 3.63) is 59.2 Å². The van der Waals surface area contributed by atoms with Gasteiger partial charge in [-0.3, -0.25) is 25.2 Å². The second-order valence-corrected chi connectivity index (χ2v) is 7.84. The smallest absolute Gasteiger partial charge is 0.324 e. The van der Waals surface area contributed by atoms with E-state index < -0.39 is 58.4 Å². The van der Waals surface area contributed by atoms with E-state index >= 15 is 0 Å². The van der Waals surface area contributed by atoms with Crippen molar-refractivity contribution in [2.24, 2.45) is 0 Å². The fourth-order valence-electron chi connectivity index (χ4n) is 2.73. The first-order chi connectivity index (χ1) is 14.8. The number of thioether (sulfide) groups is 1. The number of nitrogens with one attached hydrogen (secondary N) is 3. The monoisotopic (exact) mass is 477 g/mol. The van der Waals surface area contributed by atoms with Gasteiger partial charge >= 0.3 is 12.4 Å². The number of carbonyl (C=O) groups is 3. The fourth-order valence-corrected chi connectivity index (χ4v) is 3.84. The Labute approximate surface area is 180 Å². The van der Waals surface area contributed by atoms with E-state index in [0.717, 1.165) is 11.8 Å². The van der Waals surface area contributed by atoms with Crippen molar-refractivity contribution in [2.75, 3.05) is 5.32 Å². The summed E-state index contributed by atoms with van der Waals surface area (Å²) in [6.07, 6.45) is -10.6. The molecule has 0 unspecified atom stereocenters. The minimum Gasteiger partial charge on any atom is -0.324 e. The summed E-state index contributed by atoms with van der Waals surface area (Å²) in [5.41, 5.74) is -0.0627. The minimum atomic E-state index is -5.12. The molecule has 1 aliphatic heterocycles. The number of halogens is 6. The van der Waals surface area contributed by atoms with Crippen LogP contribution < -0.4 is 16.2 Å². The molecular formula is C19H13F6N3O3S. The topological polar surface area (TPSA) is 87.3 Å². The average molecular weight is 477 g/mol. The Bertz CT molecular complexity index is 1040. The fraction of sp³-hybridized carbons (Fsp3) is 0.211. The van der Waals surface area contributed by atoms with Crippen LogP contribution in [0.4, 0.5) is 32.0 Å². The SMILES string of the molecule is O=C(C[C@@H]1Sc2ccccc2NC1=O)NNC(=O)c1cc(C(F)(F)F)cc(C(F)(F)F)c1. The molecular weight excluding hydrogens is 464 g/mol. The number of hydrazine groups is 1. The van der Waals surface area contributed by atoms with Gasteiger partial charge in [-0.05, 0) is 30.3 Å². The highest BCUT2D eigenvalue weighted by atomic mass is 32.2. The van der Waals surface area contributed by atoms with Gasteiger partial charge in [0.25, 0.3) is 5.91 Å². The third-order valence-corrected chi connectivity index (χ3v) is 5.52.